The molecule has 0 amide bonds. The third-order valence-corrected chi connectivity index (χ3v) is 10.4. The van der Waals surface area contributed by atoms with Gasteiger partial charge in [0.05, 0.1) is 0 Å². The summed E-state index contributed by atoms with van der Waals surface area (Å²) in [5.74, 6) is 0. The molecule has 0 nitrogen and oxygen atoms in total. The normalized spacial score (nSPS) is 14.7. The van der Waals surface area contributed by atoms with E-state index in [0.29, 0.717) is 0 Å². The molecule has 0 N–H and O–H groups in total. The smallest absolute Gasteiger partial charge is 0.0000246 e. The number of rotatable bonds is 0. The SMILES string of the molecule is c1cc2c3ccc4ccc5c6ccc7ccc8c9ccc1c1c2c2c%10c3c4c5c%10c3c6c7c8c3c2c91. The van der Waals surface area contributed by atoms with Crippen LogP contribution in [0.15, 0.2) is 72.8 Å². The number of fused-ring (bicyclic) bond motifs is 3. The van der Waals surface area contributed by atoms with E-state index in [4.69, 9.17) is 0 Å². The molecule has 0 aliphatic carbocycles. The molecular weight excluding hydrogens is 432 g/mol. The summed E-state index contributed by atoms with van der Waals surface area (Å²) < 4.78 is 0. The van der Waals surface area contributed by atoms with Crippen LogP contribution in [0.3, 0.4) is 0 Å². The number of hydrogen-bond acceptors (Lipinski definition) is 0. The lowest BCUT2D eigenvalue weighted by Crippen LogP contribution is -1.82. The van der Waals surface area contributed by atoms with Crippen LogP contribution in [-0.4, -0.2) is 0 Å². The predicted molar refractivity (Wildman–Crippen MR) is 157 cm³/mol. The maximum atomic E-state index is 2.40. The molecule has 0 unspecified atom stereocenters. The highest BCUT2D eigenvalue weighted by Gasteiger charge is 2.34. The lowest BCUT2D eigenvalue weighted by molar-refractivity contribution is 1.90. The zero-order chi connectivity index (χ0) is 22.3. The largest absolute Gasteiger partial charge is 0.0537 e. The van der Waals surface area contributed by atoms with Gasteiger partial charge in [-0.15, -0.1) is 0 Å². The molecule has 0 aromatic heterocycles. The van der Waals surface area contributed by atoms with E-state index in [9.17, 15) is 0 Å². The van der Waals surface area contributed by atoms with E-state index in [2.05, 4.69) is 72.8 Å². The fourth-order valence-corrected chi connectivity index (χ4v) is 9.41. The maximum absolute atomic E-state index is 2.40. The van der Waals surface area contributed by atoms with Crippen LogP contribution in [0, 0.1) is 0 Å². The van der Waals surface area contributed by atoms with Gasteiger partial charge in [0.2, 0.25) is 0 Å². The Morgan fingerprint density at radius 3 is 0.556 bits per heavy atom. The minimum atomic E-state index is 1.38. The lowest BCUT2D eigenvalue weighted by Gasteiger charge is -2.11. The Hall–Kier alpha value is -4.68. The first-order chi connectivity index (χ1) is 17.9. The molecule has 0 heteroatoms. The van der Waals surface area contributed by atoms with Gasteiger partial charge >= 0.3 is 0 Å². The molecular formula is C36H12. The molecule has 0 aliphatic rings. The standard InChI is InChI=1S/C36H12/c1-7-16-17-9-3-14-5-11-20-21-12-6-15-4-10-19-18-8-2-13(1)22-25(16)31-32(26(18)22)34-28(19)24(15)30(21)36(34)35-29(20)23(14)27(17)33(31)35/h1-12H. The summed E-state index contributed by atoms with van der Waals surface area (Å²) >= 11 is 0. The maximum Gasteiger partial charge on any atom is -0.0000246 e. The van der Waals surface area contributed by atoms with Gasteiger partial charge in [-0.3, -0.25) is 0 Å². The minimum absolute atomic E-state index is 1.38. The van der Waals surface area contributed by atoms with Crippen molar-refractivity contribution in [2.75, 3.05) is 0 Å². The van der Waals surface area contributed by atoms with E-state index >= 15 is 0 Å². The molecule has 0 atom stereocenters. The Labute approximate surface area is 201 Å². The van der Waals surface area contributed by atoms with Crippen molar-refractivity contribution in [2.24, 2.45) is 0 Å². The summed E-state index contributed by atoms with van der Waals surface area (Å²) in [7, 11) is 0. The van der Waals surface area contributed by atoms with Crippen LogP contribution >= 0.6 is 0 Å². The van der Waals surface area contributed by atoms with Crippen LogP contribution in [0.25, 0.3) is 129 Å². The van der Waals surface area contributed by atoms with Crippen molar-refractivity contribution >= 4 is 129 Å². The molecule has 0 saturated carbocycles. The second-order valence-corrected chi connectivity index (χ2v) is 11.5. The molecule has 0 saturated heterocycles. The Balaban J connectivity index is 1.71. The second kappa shape index (κ2) is 4.14. The van der Waals surface area contributed by atoms with Crippen molar-refractivity contribution in [1.29, 1.82) is 0 Å². The quantitative estimate of drug-likeness (QED) is 0.204. The van der Waals surface area contributed by atoms with Gasteiger partial charge in [-0.2, -0.15) is 0 Å². The van der Waals surface area contributed by atoms with Crippen LogP contribution in [-0.2, 0) is 0 Å². The van der Waals surface area contributed by atoms with Crippen molar-refractivity contribution in [3.05, 3.63) is 72.8 Å². The van der Waals surface area contributed by atoms with Gasteiger partial charge in [-0.25, -0.2) is 0 Å². The van der Waals surface area contributed by atoms with Gasteiger partial charge in [0.25, 0.3) is 0 Å². The van der Waals surface area contributed by atoms with Gasteiger partial charge < -0.3 is 0 Å². The monoisotopic (exact) mass is 444 g/mol. The third-order valence-electron chi connectivity index (χ3n) is 10.4. The molecule has 13 aromatic rings. The summed E-state index contributed by atoms with van der Waals surface area (Å²) in [6.07, 6.45) is 0. The molecule has 0 heterocycles. The van der Waals surface area contributed by atoms with E-state index in [1.807, 2.05) is 0 Å². The summed E-state index contributed by atoms with van der Waals surface area (Å²) in [5.41, 5.74) is 0. The van der Waals surface area contributed by atoms with Crippen LogP contribution in [0.1, 0.15) is 0 Å². The fourth-order valence-electron chi connectivity index (χ4n) is 9.41. The van der Waals surface area contributed by atoms with Crippen LogP contribution in [0.4, 0.5) is 0 Å². The molecule has 156 valence electrons. The van der Waals surface area contributed by atoms with Crippen LogP contribution in [0.2, 0.25) is 0 Å². The Morgan fingerprint density at radius 1 is 0.167 bits per heavy atom. The Morgan fingerprint density at radius 2 is 0.361 bits per heavy atom. The summed E-state index contributed by atoms with van der Waals surface area (Å²) in [5, 5.41) is 35.4. The van der Waals surface area contributed by atoms with Gasteiger partial charge in [0.1, 0.15) is 0 Å². The molecule has 13 rings (SSSR count). The Kier molecular flexibility index (Phi) is 1.77. The molecule has 13 aromatic carbocycles. The van der Waals surface area contributed by atoms with Crippen LogP contribution < -0.4 is 0 Å². The summed E-state index contributed by atoms with van der Waals surface area (Å²) in [6, 6.07) is 28.6. The summed E-state index contributed by atoms with van der Waals surface area (Å²) in [4.78, 5) is 0. The zero-order valence-corrected chi connectivity index (χ0v) is 18.9. The zero-order valence-electron chi connectivity index (χ0n) is 18.9. The highest BCUT2D eigenvalue weighted by Crippen LogP contribution is 2.63. The van der Waals surface area contributed by atoms with Crippen molar-refractivity contribution in [3.8, 4) is 0 Å². The lowest BCUT2D eigenvalue weighted by atomic mass is 9.90. The van der Waals surface area contributed by atoms with E-state index in [0.717, 1.165) is 0 Å². The van der Waals surface area contributed by atoms with Crippen molar-refractivity contribution < 1.29 is 0 Å². The van der Waals surface area contributed by atoms with Gasteiger partial charge in [0, 0.05) is 0 Å². The highest BCUT2D eigenvalue weighted by molar-refractivity contribution is 6.65. The minimum Gasteiger partial charge on any atom is -0.0537 e. The molecule has 36 heavy (non-hydrogen) atoms. The highest BCUT2D eigenvalue weighted by atomic mass is 14.4. The van der Waals surface area contributed by atoms with Crippen molar-refractivity contribution in [1.82, 2.24) is 0 Å². The van der Waals surface area contributed by atoms with E-state index in [-0.39, 0.29) is 0 Å². The van der Waals surface area contributed by atoms with Gasteiger partial charge in [-0.1, -0.05) is 72.8 Å². The predicted octanol–water partition coefficient (Wildman–Crippen LogP) is 10.5. The first-order valence-corrected chi connectivity index (χ1v) is 13.0. The number of hydrogen-bond donors (Lipinski definition) is 0. The van der Waals surface area contributed by atoms with E-state index in [1.54, 1.807) is 0 Å². The first-order valence-electron chi connectivity index (χ1n) is 13.0. The summed E-state index contributed by atoms with van der Waals surface area (Å²) in [6.45, 7) is 0. The molecule has 0 aliphatic heterocycles. The van der Waals surface area contributed by atoms with Crippen molar-refractivity contribution in [3.63, 3.8) is 0 Å². The van der Waals surface area contributed by atoms with E-state index in [1.165, 1.54) is 129 Å². The van der Waals surface area contributed by atoms with Gasteiger partial charge in [-0.05, 0) is 129 Å². The topological polar surface area (TPSA) is 0 Å². The number of benzene rings is 10. The second-order valence-electron chi connectivity index (χ2n) is 11.5. The first kappa shape index (κ1) is 15.3. The molecule has 0 spiro atoms. The van der Waals surface area contributed by atoms with E-state index < -0.39 is 0 Å². The molecule has 0 bridgehead atoms. The average molecular weight is 444 g/mol. The third kappa shape index (κ3) is 1.11. The Bertz CT molecular complexity index is 2440. The molecule has 0 radical (unpaired) electrons. The average Bonchev–Trinajstić information content (AvgIpc) is 3.58. The van der Waals surface area contributed by atoms with Crippen molar-refractivity contribution in [2.45, 2.75) is 0 Å². The molecule has 0 fully saturated rings. The fraction of sp³-hybridized carbons (Fsp3) is 0. The van der Waals surface area contributed by atoms with Crippen LogP contribution in [0.5, 0.6) is 0 Å². The van der Waals surface area contributed by atoms with Gasteiger partial charge in [0.15, 0.2) is 0 Å².